The number of unbranched alkanes of at least 4 members (excludes halogenated alkanes) is 1. The van der Waals surface area contributed by atoms with Gasteiger partial charge in [0.1, 0.15) is 19.0 Å². The highest BCUT2D eigenvalue weighted by molar-refractivity contribution is 5.81. The van der Waals surface area contributed by atoms with Crippen LogP contribution in [0.15, 0.2) is 12.1 Å². The Morgan fingerprint density at radius 2 is 2.00 bits per heavy atom. The van der Waals surface area contributed by atoms with Crippen molar-refractivity contribution in [2.45, 2.75) is 44.6 Å². The number of fused-ring (bicyclic) bond motifs is 2. The van der Waals surface area contributed by atoms with Crippen LogP contribution >= 0.6 is 0 Å². The first kappa shape index (κ1) is 13.4. The second-order valence-corrected chi connectivity index (χ2v) is 6.00. The molecule has 2 aromatic rings. The topological polar surface area (TPSA) is 60.1 Å². The van der Waals surface area contributed by atoms with E-state index in [9.17, 15) is 0 Å². The molecule has 0 amide bonds. The number of hydrogen-bond donors (Lipinski definition) is 0. The van der Waals surface area contributed by atoms with Crippen LogP contribution in [0, 0.1) is 11.3 Å². The predicted molar refractivity (Wildman–Crippen MR) is 82.2 cm³/mol. The number of ether oxygens (including phenoxy) is 2. The molecule has 4 rings (SSSR count). The molecule has 114 valence electrons. The van der Waals surface area contributed by atoms with E-state index in [1.807, 2.05) is 12.1 Å². The zero-order chi connectivity index (χ0) is 14.9. The van der Waals surface area contributed by atoms with Gasteiger partial charge < -0.3 is 14.0 Å². The summed E-state index contributed by atoms with van der Waals surface area (Å²) in [5.74, 6) is 3.33. The van der Waals surface area contributed by atoms with Crippen molar-refractivity contribution in [2.24, 2.45) is 0 Å². The molecule has 1 aromatic carbocycles. The van der Waals surface area contributed by atoms with E-state index in [-0.39, 0.29) is 0 Å². The third kappa shape index (κ3) is 2.19. The number of aromatic nitrogens is 2. The normalized spacial score (nSPS) is 17.2. The molecule has 5 heteroatoms. The molecule has 0 bridgehead atoms. The van der Waals surface area contributed by atoms with Gasteiger partial charge >= 0.3 is 0 Å². The Morgan fingerprint density at radius 1 is 1.23 bits per heavy atom. The molecule has 5 nitrogen and oxygen atoms in total. The van der Waals surface area contributed by atoms with Crippen LogP contribution in [0.1, 0.15) is 43.8 Å². The maximum absolute atomic E-state index is 8.79. The van der Waals surface area contributed by atoms with Gasteiger partial charge in [0.05, 0.1) is 17.1 Å². The van der Waals surface area contributed by atoms with Crippen LogP contribution in [-0.2, 0) is 6.54 Å². The molecule has 0 radical (unpaired) electrons. The van der Waals surface area contributed by atoms with Gasteiger partial charge in [-0.1, -0.05) is 6.42 Å². The minimum Gasteiger partial charge on any atom is -0.486 e. The van der Waals surface area contributed by atoms with Crippen molar-refractivity contribution in [1.29, 1.82) is 5.26 Å². The maximum atomic E-state index is 8.79. The molecule has 2 aliphatic rings. The van der Waals surface area contributed by atoms with Crippen molar-refractivity contribution in [2.75, 3.05) is 13.2 Å². The summed E-state index contributed by atoms with van der Waals surface area (Å²) in [6, 6.07) is 6.27. The fourth-order valence-corrected chi connectivity index (χ4v) is 3.21. The van der Waals surface area contributed by atoms with Gasteiger partial charge in [-0.2, -0.15) is 5.26 Å². The van der Waals surface area contributed by atoms with Gasteiger partial charge in [0.25, 0.3) is 0 Å². The second kappa shape index (κ2) is 5.53. The average Bonchev–Trinajstić information content (AvgIpc) is 2.81. The van der Waals surface area contributed by atoms with Crippen molar-refractivity contribution in [3.63, 3.8) is 0 Å². The van der Waals surface area contributed by atoms with Crippen molar-refractivity contribution >= 4 is 11.0 Å². The largest absolute Gasteiger partial charge is 0.486 e. The molecule has 0 saturated heterocycles. The summed E-state index contributed by atoms with van der Waals surface area (Å²) in [7, 11) is 0. The van der Waals surface area contributed by atoms with Gasteiger partial charge in [-0.25, -0.2) is 4.98 Å². The summed E-state index contributed by atoms with van der Waals surface area (Å²) in [5, 5.41) is 8.79. The smallest absolute Gasteiger partial charge is 0.163 e. The number of aryl methyl sites for hydroxylation is 1. The van der Waals surface area contributed by atoms with Gasteiger partial charge in [0.2, 0.25) is 0 Å². The summed E-state index contributed by atoms with van der Waals surface area (Å²) in [6.45, 7) is 2.03. The molecule has 0 unspecified atom stereocenters. The molecule has 2 heterocycles. The number of hydrogen-bond acceptors (Lipinski definition) is 4. The quantitative estimate of drug-likeness (QED) is 0.812. The Hall–Kier alpha value is -2.22. The first-order valence-corrected chi connectivity index (χ1v) is 8.03. The van der Waals surface area contributed by atoms with Gasteiger partial charge in [-0.3, -0.25) is 0 Å². The van der Waals surface area contributed by atoms with Crippen molar-refractivity contribution in [3.05, 3.63) is 18.0 Å². The van der Waals surface area contributed by atoms with E-state index in [2.05, 4.69) is 10.6 Å². The van der Waals surface area contributed by atoms with Gasteiger partial charge in [0, 0.05) is 31.0 Å². The first-order chi connectivity index (χ1) is 10.9. The van der Waals surface area contributed by atoms with Gasteiger partial charge in [0.15, 0.2) is 11.5 Å². The highest BCUT2D eigenvalue weighted by atomic mass is 16.6. The fraction of sp³-hybridized carbons (Fsp3) is 0.529. The summed E-state index contributed by atoms with van der Waals surface area (Å²) < 4.78 is 13.7. The average molecular weight is 297 g/mol. The number of imidazole rings is 1. The minimum absolute atomic E-state index is 0.563. The molecular formula is C17H19N3O2. The van der Waals surface area contributed by atoms with E-state index < -0.39 is 0 Å². The molecule has 1 aliphatic heterocycles. The zero-order valence-electron chi connectivity index (χ0n) is 12.5. The van der Waals surface area contributed by atoms with E-state index >= 15 is 0 Å². The summed E-state index contributed by atoms with van der Waals surface area (Å²) in [5.41, 5.74) is 2.08. The van der Waals surface area contributed by atoms with E-state index in [1.165, 1.54) is 25.1 Å². The van der Waals surface area contributed by atoms with Crippen LogP contribution < -0.4 is 9.47 Å². The number of benzene rings is 1. The van der Waals surface area contributed by atoms with E-state index in [1.54, 1.807) is 0 Å². The molecular weight excluding hydrogens is 278 g/mol. The predicted octanol–water partition coefficient (Wildman–Crippen LogP) is 3.38. The Balaban J connectivity index is 1.78. The Morgan fingerprint density at radius 3 is 2.68 bits per heavy atom. The standard InChI is InChI=1S/C17H19N3O2/c18-6-1-2-7-20-14-11-16-15(21-8-9-22-16)10-13(14)19-17(20)12-4-3-5-12/h10-12H,1-5,7-9H2. The Kier molecular flexibility index (Phi) is 3.38. The van der Waals surface area contributed by atoms with Gasteiger partial charge in [-0.05, 0) is 19.3 Å². The van der Waals surface area contributed by atoms with E-state index in [0.717, 1.165) is 35.5 Å². The molecule has 0 N–H and O–H groups in total. The highest BCUT2D eigenvalue weighted by Gasteiger charge is 2.26. The third-order valence-electron chi connectivity index (χ3n) is 4.58. The Bertz CT molecular complexity index is 740. The summed E-state index contributed by atoms with van der Waals surface area (Å²) >= 11 is 0. The molecule has 22 heavy (non-hydrogen) atoms. The minimum atomic E-state index is 0.563. The Labute approximate surface area is 129 Å². The van der Waals surface area contributed by atoms with E-state index in [0.29, 0.717) is 25.6 Å². The lowest BCUT2D eigenvalue weighted by Gasteiger charge is -2.25. The number of rotatable bonds is 4. The van der Waals surface area contributed by atoms with Gasteiger partial charge in [-0.15, -0.1) is 0 Å². The fourth-order valence-electron chi connectivity index (χ4n) is 3.21. The molecule has 1 saturated carbocycles. The molecule has 1 fully saturated rings. The van der Waals surface area contributed by atoms with Crippen LogP contribution in [-0.4, -0.2) is 22.8 Å². The van der Waals surface area contributed by atoms with Crippen molar-refractivity contribution in [1.82, 2.24) is 9.55 Å². The SMILES string of the molecule is N#CCCCn1c(C2CCC2)nc2cc3c(cc21)OCCO3. The van der Waals surface area contributed by atoms with Crippen LogP contribution in [0.5, 0.6) is 11.5 Å². The van der Waals surface area contributed by atoms with E-state index in [4.69, 9.17) is 19.7 Å². The van der Waals surface area contributed by atoms with Crippen molar-refractivity contribution < 1.29 is 9.47 Å². The molecule has 1 aromatic heterocycles. The van der Waals surface area contributed by atoms with Crippen LogP contribution in [0.25, 0.3) is 11.0 Å². The van der Waals surface area contributed by atoms with Crippen molar-refractivity contribution in [3.8, 4) is 17.6 Å². The number of nitriles is 1. The van der Waals surface area contributed by atoms with Crippen LogP contribution in [0.2, 0.25) is 0 Å². The first-order valence-electron chi connectivity index (χ1n) is 8.03. The lowest BCUT2D eigenvalue weighted by atomic mass is 9.85. The zero-order valence-corrected chi connectivity index (χ0v) is 12.5. The number of nitrogens with zero attached hydrogens (tertiary/aromatic N) is 3. The van der Waals surface area contributed by atoms with Crippen LogP contribution in [0.4, 0.5) is 0 Å². The lowest BCUT2D eigenvalue weighted by molar-refractivity contribution is 0.172. The lowest BCUT2D eigenvalue weighted by Crippen LogP contribution is -2.16. The highest BCUT2D eigenvalue weighted by Crippen LogP contribution is 2.40. The molecule has 0 spiro atoms. The maximum Gasteiger partial charge on any atom is 0.163 e. The van der Waals surface area contributed by atoms with Crippen LogP contribution in [0.3, 0.4) is 0 Å². The molecule has 0 atom stereocenters. The second-order valence-electron chi connectivity index (χ2n) is 6.00. The monoisotopic (exact) mass is 297 g/mol. The summed E-state index contributed by atoms with van der Waals surface area (Å²) in [4.78, 5) is 4.87. The summed E-state index contributed by atoms with van der Waals surface area (Å²) in [6.07, 6.45) is 5.15. The molecule has 1 aliphatic carbocycles. The third-order valence-corrected chi connectivity index (χ3v) is 4.58.